The lowest BCUT2D eigenvalue weighted by Crippen LogP contribution is -2.36. The molecule has 4 nitrogen and oxygen atoms in total. The van der Waals surface area contributed by atoms with E-state index in [4.69, 9.17) is 4.74 Å². The third kappa shape index (κ3) is 2.67. The van der Waals surface area contributed by atoms with Crippen molar-refractivity contribution in [3.8, 4) is 5.75 Å². The highest BCUT2D eigenvalue weighted by molar-refractivity contribution is 7.93. The molecule has 0 aromatic heterocycles. The Morgan fingerprint density at radius 1 is 1.17 bits per heavy atom. The molecule has 0 saturated heterocycles. The highest BCUT2D eigenvalue weighted by Gasteiger charge is 2.37. The van der Waals surface area contributed by atoms with Crippen LogP contribution in [0.3, 0.4) is 0 Å². The van der Waals surface area contributed by atoms with Crippen LogP contribution in [0.15, 0.2) is 47.4 Å². The predicted molar refractivity (Wildman–Crippen MR) is 96.4 cm³/mol. The van der Waals surface area contributed by atoms with Crippen molar-refractivity contribution in [2.45, 2.75) is 44.0 Å². The van der Waals surface area contributed by atoms with Gasteiger partial charge in [-0.15, -0.1) is 0 Å². The minimum Gasteiger partial charge on any atom is -0.495 e. The van der Waals surface area contributed by atoms with E-state index in [9.17, 15) is 8.42 Å². The monoisotopic (exact) mass is 345 g/mol. The van der Waals surface area contributed by atoms with Gasteiger partial charge in [0.25, 0.3) is 10.0 Å². The lowest BCUT2D eigenvalue weighted by atomic mass is 10.0. The summed E-state index contributed by atoms with van der Waals surface area (Å²) < 4.78 is 33.7. The number of nitrogens with zero attached hydrogens (tertiary/aromatic N) is 1. The smallest absolute Gasteiger partial charge is 0.268 e. The van der Waals surface area contributed by atoms with Crippen LogP contribution in [0, 0.1) is 0 Å². The summed E-state index contributed by atoms with van der Waals surface area (Å²) in [7, 11) is -2.19. The van der Waals surface area contributed by atoms with Gasteiger partial charge < -0.3 is 4.74 Å². The fraction of sp³-hybridized carbons (Fsp3) is 0.368. The summed E-state index contributed by atoms with van der Waals surface area (Å²) in [5.41, 5.74) is 2.81. The zero-order chi connectivity index (χ0) is 17.5. The van der Waals surface area contributed by atoms with Crippen LogP contribution in [0.4, 0.5) is 5.69 Å². The number of benzene rings is 2. The maximum Gasteiger partial charge on any atom is 0.268 e. The third-order valence-corrected chi connectivity index (χ3v) is 6.49. The Morgan fingerprint density at radius 2 is 1.88 bits per heavy atom. The van der Waals surface area contributed by atoms with Gasteiger partial charge >= 0.3 is 0 Å². The van der Waals surface area contributed by atoms with Gasteiger partial charge in [0.1, 0.15) is 10.6 Å². The molecule has 0 aliphatic carbocycles. The zero-order valence-corrected chi connectivity index (χ0v) is 15.3. The van der Waals surface area contributed by atoms with Gasteiger partial charge in [0.05, 0.1) is 12.8 Å². The number of hydrogen-bond donors (Lipinski definition) is 0. The Hall–Kier alpha value is -2.01. The quantitative estimate of drug-likeness (QED) is 0.843. The van der Waals surface area contributed by atoms with Crippen molar-refractivity contribution in [2.75, 3.05) is 11.4 Å². The van der Waals surface area contributed by atoms with E-state index in [0.29, 0.717) is 5.75 Å². The Kier molecular flexibility index (Phi) is 4.30. The van der Waals surface area contributed by atoms with E-state index in [1.807, 2.05) is 51.1 Å². The second kappa shape index (κ2) is 6.13. The molecule has 1 aliphatic heterocycles. The van der Waals surface area contributed by atoms with E-state index in [1.54, 1.807) is 12.1 Å². The normalized spacial score (nSPS) is 17.2. The SMILES string of the molecule is COc1ccc(C(C)C)cc1S(=O)(=O)N1c2ccccc2C[C@@H]1C. The van der Waals surface area contributed by atoms with Crippen molar-refractivity contribution in [1.29, 1.82) is 0 Å². The second-order valence-corrected chi connectivity index (χ2v) is 8.33. The number of fused-ring (bicyclic) bond motifs is 1. The number of ether oxygens (including phenoxy) is 1. The summed E-state index contributed by atoms with van der Waals surface area (Å²) in [5.74, 6) is 0.629. The van der Waals surface area contributed by atoms with E-state index in [2.05, 4.69) is 0 Å². The molecule has 0 saturated carbocycles. The molecule has 0 unspecified atom stereocenters. The average Bonchev–Trinajstić information content (AvgIpc) is 2.90. The highest BCUT2D eigenvalue weighted by Crippen LogP contribution is 2.39. The summed E-state index contributed by atoms with van der Waals surface area (Å²) in [6.07, 6.45) is 0.724. The maximum absolute atomic E-state index is 13.4. The molecule has 1 atom stereocenters. The number of rotatable bonds is 4. The largest absolute Gasteiger partial charge is 0.495 e. The van der Waals surface area contributed by atoms with Crippen LogP contribution in [0.5, 0.6) is 5.75 Å². The molecule has 24 heavy (non-hydrogen) atoms. The van der Waals surface area contributed by atoms with E-state index < -0.39 is 10.0 Å². The first-order valence-electron chi connectivity index (χ1n) is 8.16. The molecule has 2 aromatic carbocycles. The number of hydrogen-bond acceptors (Lipinski definition) is 3. The van der Waals surface area contributed by atoms with Gasteiger partial charge in [-0.25, -0.2) is 8.42 Å². The molecule has 128 valence electrons. The maximum atomic E-state index is 13.4. The first-order valence-corrected chi connectivity index (χ1v) is 9.60. The summed E-state index contributed by atoms with van der Waals surface area (Å²) in [6, 6.07) is 13.0. The Labute approximate surface area is 144 Å². The summed E-state index contributed by atoms with van der Waals surface area (Å²) in [6.45, 7) is 6.04. The minimum absolute atomic E-state index is 0.111. The predicted octanol–water partition coefficient (Wildman–Crippen LogP) is 3.96. The van der Waals surface area contributed by atoms with Crippen LogP contribution in [-0.4, -0.2) is 21.6 Å². The van der Waals surface area contributed by atoms with Crippen molar-refractivity contribution >= 4 is 15.7 Å². The molecule has 0 spiro atoms. The zero-order valence-electron chi connectivity index (χ0n) is 14.5. The van der Waals surface area contributed by atoms with Crippen LogP contribution in [0.25, 0.3) is 0 Å². The summed E-state index contributed by atoms with van der Waals surface area (Å²) >= 11 is 0. The Morgan fingerprint density at radius 3 is 2.54 bits per heavy atom. The summed E-state index contributed by atoms with van der Waals surface area (Å²) in [5, 5.41) is 0. The lowest BCUT2D eigenvalue weighted by molar-refractivity contribution is 0.402. The molecular weight excluding hydrogens is 322 g/mol. The lowest BCUT2D eigenvalue weighted by Gasteiger charge is -2.26. The molecule has 0 N–H and O–H groups in total. The van der Waals surface area contributed by atoms with Gasteiger partial charge in [-0.05, 0) is 48.6 Å². The summed E-state index contributed by atoms with van der Waals surface area (Å²) in [4.78, 5) is 0.236. The molecule has 2 aromatic rings. The highest BCUT2D eigenvalue weighted by atomic mass is 32.2. The molecule has 3 rings (SSSR count). The molecule has 0 fully saturated rings. The molecule has 0 amide bonds. The number of para-hydroxylation sites is 1. The molecular formula is C19H23NO3S. The molecule has 1 heterocycles. The number of methoxy groups -OCH3 is 1. The van der Waals surface area contributed by atoms with E-state index in [0.717, 1.165) is 23.2 Å². The topological polar surface area (TPSA) is 46.6 Å². The number of anilines is 1. The Balaban J connectivity index is 2.17. The Bertz CT molecular complexity index is 859. The van der Waals surface area contributed by atoms with Crippen LogP contribution in [-0.2, 0) is 16.4 Å². The van der Waals surface area contributed by atoms with Crippen molar-refractivity contribution < 1.29 is 13.2 Å². The molecule has 1 aliphatic rings. The van der Waals surface area contributed by atoms with Gasteiger partial charge in [-0.3, -0.25) is 4.31 Å². The van der Waals surface area contributed by atoms with Crippen LogP contribution < -0.4 is 9.04 Å². The van der Waals surface area contributed by atoms with Gasteiger partial charge in [0, 0.05) is 6.04 Å². The average molecular weight is 345 g/mol. The van der Waals surface area contributed by atoms with Gasteiger partial charge in [-0.1, -0.05) is 38.1 Å². The molecule has 0 radical (unpaired) electrons. The van der Waals surface area contributed by atoms with E-state index >= 15 is 0 Å². The van der Waals surface area contributed by atoms with Gasteiger partial charge in [0.15, 0.2) is 0 Å². The van der Waals surface area contributed by atoms with E-state index in [1.165, 1.54) is 11.4 Å². The van der Waals surface area contributed by atoms with Crippen LogP contribution in [0.1, 0.15) is 37.8 Å². The van der Waals surface area contributed by atoms with Crippen molar-refractivity contribution in [1.82, 2.24) is 0 Å². The van der Waals surface area contributed by atoms with Crippen LogP contribution >= 0.6 is 0 Å². The molecule has 0 bridgehead atoms. The minimum atomic E-state index is -3.69. The van der Waals surface area contributed by atoms with Gasteiger partial charge in [-0.2, -0.15) is 0 Å². The van der Waals surface area contributed by atoms with Crippen molar-refractivity contribution in [3.63, 3.8) is 0 Å². The number of sulfonamides is 1. The standard InChI is InChI=1S/C19H23NO3S/c1-13(2)15-9-10-18(23-4)19(12-15)24(21,22)20-14(3)11-16-7-5-6-8-17(16)20/h5-10,12-14H,11H2,1-4H3/t14-/m0/s1. The fourth-order valence-electron chi connectivity index (χ4n) is 3.26. The van der Waals surface area contributed by atoms with Gasteiger partial charge in [0.2, 0.25) is 0 Å². The fourth-order valence-corrected chi connectivity index (χ4v) is 5.15. The van der Waals surface area contributed by atoms with E-state index in [-0.39, 0.29) is 16.9 Å². The first kappa shape index (κ1) is 16.8. The van der Waals surface area contributed by atoms with Crippen molar-refractivity contribution in [2.24, 2.45) is 0 Å². The first-order chi connectivity index (χ1) is 11.4. The molecule has 5 heteroatoms. The second-order valence-electron chi connectivity index (χ2n) is 6.55. The third-order valence-electron chi connectivity index (χ3n) is 4.54. The van der Waals surface area contributed by atoms with Crippen LogP contribution in [0.2, 0.25) is 0 Å². The van der Waals surface area contributed by atoms with Crippen molar-refractivity contribution in [3.05, 3.63) is 53.6 Å².